The van der Waals surface area contributed by atoms with Gasteiger partial charge in [-0.25, -0.2) is 0 Å². The van der Waals surface area contributed by atoms with Gasteiger partial charge >= 0.3 is 0 Å². The summed E-state index contributed by atoms with van der Waals surface area (Å²) in [6.45, 7) is 6.13. The molecule has 2 nitrogen and oxygen atoms in total. The molecule has 0 spiro atoms. The van der Waals surface area contributed by atoms with Crippen molar-refractivity contribution in [3.63, 3.8) is 0 Å². The summed E-state index contributed by atoms with van der Waals surface area (Å²) in [5.41, 5.74) is 3.34. The van der Waals surface area contributed by atoms with Gasteiger partial charge in [0, 0.05) is 11.3 Å². The minimum absolute atomic E-state index is 0.235. The molecule has 1 unspecified atom stereocenters. The summed E-state index contributed by atoms with van der Waals surface area (Å²) in [5, 5.41) is -0.266. The average molecular weight is 333 g/mol. The fraction of sp³-hybridized carbons (Fsp3) is 0.650. The fourth-order valence-electron chi connectivity index (χ4n) is 4.78. The molecular weight excluding hydrogens is 304 g/mol. The standard InChI is InChI=1S/C20H28O2S/c1-13-11-14(2)19(15(3)12-13)23(22)20-17(9-10-18(20)21)16-7-5-4-6-8-16/h11-12,16-17,20H,4-10H2,1-3H3/t17-,20-,23?/m1/s1. The Labute approximate surface area is 142 Å². The van der Waals surface area contributed by atoms with E-state index in [1.165, 1.54) is 37.7 Å². The maximum absolute atomic E-state index is 13.4. The van der Waals surface area contributed by atoms with Crippen LogP contribution in [-0.2, 0) is 15.6 Å². The highest BCUT2D eigenvalue weighted by Gasteiger charge is 2.43. The van der Waals surface area contributed by atoms with Crippen LogP contribution < -0.4 is 0 Å². The van der Waals surface area contributed by atoms with Gasteiger partial charge in [0.2, 0.25) is 0 Å². The molecule has 3 heteroatoms. The number of rotatable bonds is 3. The summed E-state index contributed by atoms with van der Waals surface area (Å²) in [4.78, 5) is 13.5. The second kappa shape index (κ2) is 6.88. The Balaban J connectivity index is 1.91. The van der Waals surface area contributed by atoms with E-state index in [-0.39, 0.29) is 11.0 Å². The quantitative estimate of drug-likeness (QED) is 0.807. The van der Waals surface area contributed by atoms with E-state index < -0.39 is 10.8 Å². The number of carbonyl (C=O) groups is 1. The van der Waals surface area contributed by atoms with Gasteiger partial charge in [0.1, 0.15) is 11.0 Å². The smallest absolute Gasteiger partial charge is 0.149 e. The van der Waals surface area contributed by atoms with Crippen LogP contribution >= 0.6 is 0 Å². The minimum atomic E-state index is -1.20. The number of Topliss-reactive ketones (excluding diaryl/α,β-unsaturated/α-hetero) is 1. The van der Waals surface area contributed by atoms with Crippen molar-refractivity contribution < 1.29 is 9.00 Å². The van der Waals surface area contributed by atoms with Crippen molar-refractivity contribution in [1.82, 2.24) is 0 Å². The highest BCUT2D eigenvalue weighted by molar-refractivity contribution is 7.86. The van der Waals surface area contributed by atoms with Crippen LogP contribution in [0, 0.1) is 32.6 Å². The van der Waals surface area contributed by atoms with Gasteiger partial charge < -0.3 is 0 Å². The molecule has 0 amide bonds. The Kier molecular flexibility index (Phi) is 5.05. The number of hydrogen-bond acceptors (Lipinski definition) is 2. The summed E-state index contributed by atoms with van der Waals surface area (Å²) in [6.07, 6.45) is 7.89. The number of aryl methyl sites for hydroxylation is 3. The van der Waals surface area contributed by atoms with Crippen LogP contribution in [0.3, 0.4) is 0 Å². The first-order valence-corrected chi connectivity index (χ1v) is 10.2. The largest absolute Gasteiger partial charge is 0.298 e. The molecule has 0 aromatic heterocycles. The molecular formula is C20H28O2S. The average Bonchev–Trinajstić information content (AvgIpc) is 2.88. The molecule has 1 aromatic rings. The number of hydrogen-bond donors (Lipinski definition) is 0. The summed E-state index contributed by atoms with van der Waals surface area (Å²) in [6, 6.07) is 4.19. The van der Waals surface area contributed by atoms with E-state index in [4.69, 9.17) is 0 Å². The van der Waals surface area contributed by atoms with E-state index in [9.17, 15) is 9.00 Å². The number of carbonyl (C=O) groups excluding carboxylic acids is 1. The lowest BCUT2D eigenvalue weighted by Gasteiger charge is -2.31. The van der Waals surface area contributed by atoms with Crippen LogP contribution in [0.4, 0.5) is 0 Å². The first-order valence-electron chi connectivity index (χ1n) is 9.00. The molecule has 2 fully saturated rings. The van der Waals surface area contributed by atoms with Crippen LogP contribution in [0.1, 0.15) is 61.6 Å². The molecule has 2 aliphatic rings. The SMILES string of the molecule is Cc1cc(C)c(S(=O)[C@H]2C(=O)CC[C@@H]2C2CCCCC2)c(C)c1. The second-order valence-electron chi connectivity index (χ2n) is 7.51. The molecule has 2 aliphatic carbocycles. The minimum Gasteiger partial charge on any atom is -0.298 e. The normalized spacial score (nSPS) is 27.3. The Morgan fingerprint density at radius 2 is 1.57 bits per heavy atom. The lowest BCUT2D eigenvalue weighted by Crippen LogP contribution is -2.33. The van der Waals surface area contributed by atoms with Crippen LogP contribution in [0.5, 0.6) is 0 Å². The van der Waals surface area contributed by atoms with Crippen molar-refractivity contribution in [2.24, 2.45) is 11.8 Å². The number of benzene rings is 1. The molecule has 3 atom stereocenters. The third-order valence-electron chi connectivity index (χ3n) is 5.72. The van der Waals surface area contributed by atoms with E-state index in [0.717, 1.165) is 22.4 Å². The van der Waals surface area contributed by atoms with Gasteiger partial charge in [0.05, 0.1) is 10.8 Å². The third-order valence-corrected chi connectivity index (χ3v) is 7.84. The Morgan fingerprint density at radius 3 is 2.17 bits per heavy atom. The van der Waals surface area contributed by atoms with Crippen molar-refractivity contribution in [2.75, 3.05) is 0 Å². The maximum atomic E-state index is 13.4. The van der Waals surface area contributed by atoms with E-state index in [1.54, 1.807) is 0 Å². The van der Waals surface area contributed by atoms with Crippen LogP contribution in [0.2, 0.25) is 0 Å². The Hall–Kier alpha value is -0.960. The van der Waals surface area contributed by atoms with E-state index in [1.807, 2.05) is 13.8 Å². The first-order chi connectivity index (χ1) is 11.0. The highest BCUT2D eigenvalue weighted by atomic mass is 32.2. The number of ketones is 1. The Bertz CT molecular complexity index is 606. The molecule has 23 heavy (non-hydrogen) atoms. The predicted molar refractivity (Wildman–Crippen MR) is 95.2 cm³/mol. The molecule has 2 saturated carbocycles. The summed E-state index contributed by atoms with van der Waals surface area (Å²) in [7, 11) is -1.20. The highest BCUT2D eigenvalue weighted by Crippen LogP contribution is 2.42. The predicted octanol–water partition coefficient (Wildman–Crippen LogP) is 4.65. The molecule has 0 bridgehead atoms. The van der Waals surface area contributed by atoms with Gasteiger partial charge in [-0.05, 0) is 50.2 Å². The van der Waals surface area contributed by atoms with Gasteiger partial charge in [0.25, 0.3) is 0 Å². The van der Waals surface area contributed by atoms with E-state index in [2.05, 4.69) is 19.1 Å². The van der Waals surface area contributed by atoms with Gasteiger partial charge in [-0.3, -0.25) is 9.00 Å². The Morgan fingerprint density at radius 1 is 0.957 bits per heavy atom. The van der Waals surface area contributed by atoms with Crippen LogP contribution in [0.25, 0.3) is 0 Å². The lowest BCUT2D eigenvalue weighted by atomic mass is 9.79. The van der Waals surface area contributed by atoms with Crippen molar-refractivity contribution in [2.45, 2.75) is 75.9 Å². The van der Waals surface area contributed by atoms with Gasteiger partial charge in [-0.15, -0.1) is 0 Å². The first kappa shape index (κ1) is 16.9. The second-order valence-corrected chi connectivity index (χ2v) is 9.02. The molecule has 0 radical (unpaired) electrons. The summed E-state index contributed by atoms with van der Waals surface area (Å²) in [5.74, 6) is 1.18. The molecule has 0 saturated heterocycles. The van der Waals surface area contributed by atoms with Crippen molar-refractivity contribution in [3.05, 3.63) is 28.8 Å². The molecule has 1 aromatic carbocycles. The molecule has 0 aliphatic heterocycles. The maximum Gasteiger partial charge on any atom is 0.149 e. The van der Waals surface area contributed by atoms with Crippen molar-refractivity contribution in [1.29, 1.82) is 0 Å². The van der Waals surface area contributed by atoms with Crippen LogP contribution in [0.15, 0.2) is 17.0 Å². The van der Waals surface area contributed by atoms with Crippen molar-refractivity contribution in [3.8, 4) is 0 Å². The zero-order chi connectivity index (χ0) is 16.6. The van der Waals surface area contributed by atoms with Gasteiger partial charge in [-0.2, -0.15) is 0 Å². The molecule has 3 rings (SSSR count). The molecule has 0 N–H and O–H groups in total. The monoisotopic (exact) mass is 332 g/mol. The lowest BCUT2D eigenvalue weighted by molar-refractivity contribution is -0.117. The molecule has 0 heterocycles. The van der Waals surface area contributed by atoms with E-state index >= 15 is 0 Å². The van der Waals surface area contributed by atoms with Crippen LogP contribution in [-0.4, -0.2) is 15.2 Å². The van der Waals surface area contributed by atoms with Crippen molar-refractivity contribution >= 4 is 16.6 Å². The molecule has 126 valence electrons. The zero-order valence-corrected chi connectivity index (χ0v) is 15.4. The summed E-state index contributed by atoms with van der Waals surface area (Å²) >= 11 is 0. The van der Waals surface area contributed by atoms with E-state index in [0.29, 0.717) is 18.3 Å². The van der Waals surface area contributed by atoms with Gasteiger partial charge in [0.15, 0.2) is 0 Å². The third kappa shape index (κ3) is 3.31. The zero-order valence-electron chi connectivity index (χ0n) is 14.6. The van der Waals surface area contributed by atoms with Gasteiger partial charge in [-0.1, -0.05) is 49.8 Å². The summed E-state index contributed by atoms with van der Waals surface area (Å²) < 4.78 is 13.4. The fourth-order valence-corrected chi connectivity index (χ4v) is 6.81. The topological polar surface area (TPSA) is 34.1 Å².